The summed E-state index contributed by atoms with van der Waals surface area (Å²) in [5.74, 6) is 1.21. The van der Waals surface area contributed by atoms with Gasteiger partial charge >= 0.3 is 0 Å². The molecule has 3 heterocycles. The number of pyridine rings is 2. The van der Waals surface area contributed by atoms with Crippen molar-refractivity contribution < 1.29 is 34.4 Å². The van der Waals surface area contributed by atoms with Crippen LogP contribution in [0.2, 0.25) is 0 Å². The summed E-state index contributed by atoms with van der Waals surface area (Å²) in [6, 6.07) is 7.43. The number of carbonyl (C=O) groups excluding carboxylic acids is 1. The van der Waals surface area contributed by atoms with Gasteiger partial charge in [0.15, 0.2) is 5.78 Å². The van der Waals surface area contributed by atoms with Crippen LogP contribution in [-0.4, -0.2) is 20.9 Å². The number of aryl methyl sites for hydroxylation is 2. The van der Waals surface area contributed by atoms with E-state index in [1.165, 1.54) is 30.0 Å². The first-order chi connectivity index (χ1) is 16.6. The second-order valence-electron chi connectivity index (χ2n) is 12.7. The maximum Gasteiger partial charge on any atom is 0.164 e. The zero-order chi connectivity index (χ0) is 26.9. The van der Waals surface area contributed by atoms with Crippen LogP contribution in [0.15, 0.2) is 40.8 Å². The summed E-state index contributed by atoms with van der Waals surface area (Å²) < 4.78 is 6.14. The monoisotopic (exact) mass is 682 g/mol. The standard InChI is InChI=1S/C20H21N2O.C11H20O2.Ir/c1-20(2,3)13-8-9-16(22-12-13)14-10-11-21-18-15-6-4-5-7-17(15)23-19(14)18;1-10(2,3)8(12)7-9(13)11(4,5)6;/h8-9,11-12H,4-7H2,1-3H3;7,12H,1-6H3;/q-1;;/b;8-7-;. The van der Waals surface area contributed by atoms with Crippen LogP contribution in [0.25, 0.3) is 22.4 Å². The Morgan fingerprint density at radius 1 is 0.973 bits per heavy atom. The molecule has 3 aromatic rings. The number of fused-ring (bicyclic) bond motifs is 3. The first-order valence-corrected chi connectivity index (χ1v) is 12.8. The second-order valence-corrected chi connectivity index (χ2v) is 12.7. The average Bonchev–Trinajstić information content (AvgIpc) is 3.16. The summed E-state index contributed by atoms with van der Waals surface area (Å²) in [5.41, 5.74) is 5.51. The molecule has 203 valence electrons. The molecule has 1 N–H and O–H groups in total. The van der Waals surface area contributed by atoms with E-state index >= 15 is 0 Å². The third-order valence-electron chi connectivity index (χ3n) is 6.43. The second kappa shape index (κ2) is 11.6. The average molecular weight is 682 g/mol. The molecule has 3 aromatic heterocycles. The van der Waals surface area contributed by atoms with Crippen molar-refractivity contribution in [2.75, 3.05) is 0 Å². The van der Waals surface area contributed by atoms with Crippen LogP contribution >= 0.6 is 0 Å². The van der Waals surface area contributed by atoms with Gasteiger partial charge < -0.3 is 14.5 Å². The molecule has 1 aliphatic rings. The van der Waals surface area contributed by atoms with Crippen molar-refractivity contribution in [2.24, 2.45) is 10.8 Å². The number of furan rings is 1. The Bertz CT molecular complexity index is 1250. The summed E-state index contributed by atoms with van der Waals surface area (Å²) in [5, 5.41) is 9.56. The molecule has 0 bridgehead atoms. The molecule has 0 saturated carbocycles. The Morgan fingerprint density at radius 3 is 2.16 bits per heavy atom. The normalized spacial score (nSPS) is 14.4. The third-order valence-corrected chi connectivity index (χ3v) is 6.43. The zero-order valence-corrected chi connectivity index (χ0v) is 26.1. The predicted octanol–water partition coefficient (Wildman–Crippen LogP) is 7.95. The maximum absolute atomic E-state index is 11.5. The molecule has 1 radical (unpaired) electrons. The number of allylic oxidation sites excluding steroid dienone is 2. The van der Waals surface area contributed by atoms with Crippen molar-refractivity contribution in [2.45, 2.75) is 93.4 Å². The number of ketones is 1. The van der Waals surface area contributed by atoms with Gasteiger partial charge in [-0.25, -0.2) is 0 Å². The molecule has 0 atom stereocenters. The molecule has 0 aromatic carbocycles. The molecule has 0 saturated heterocycles. The largest absolute Gasteiger partial charge is 0.517 e. The van der Waals surface area contributed by atoms with E-state index in [1.54, 1.807) is 6.20 Å². The van der Waals surface area contributed by atoms with Crippen molar-refractivity contribution in [1.29, 1.82) is 0 Å². The Balaban J connectivity index is 0.000000299. The number of nitrogens with zero attached hydrogens (tertiary/aromatic N) is 2. The van der Waals surface area contributed by atoms with Gasteiger partial charge in [0, 0.05) is 60.8 Å². The summed E-state index contributed by atoms with van der Waals surface area (Å²) >= 11 is 0. The number of hydrogen-bond acceptors (Lipinski definition) is 5. The summed E-state index contributed by atoms with van der Waals surface area (Å²) in [6.45, 7) is 17.7. The topological polar surface area (TPSA) is 76.2 Å². The van der Waals surface area contributed by atoms with Crippen molar-refractivity contribution in [3.8, 4) is 11.3 Å². The van der Waals surface area contributed by atoms with Crippen LogP contribution in [0.4, 0.5) is 0 Å². The maximum atomic E-state index is 11.5. The van der Waals surface area contributed by atoms with E-state index < -0.39 is 5.41 Å². The van der Waals surface area contributed by atoms with Crippen molar-refractivity contribution in [1.82, 2.24) is 9.97 Å². The fourth-order valence-electron chi connectivity index (χ4n) is 3.82. The van der Waals surface area contributed by atoms with Crippen LogP contribution in [0.1, 0.15) is 92.0 Å². The van der Waals surface area contributed by atoms with Crippen LogP contribution in [0.5, 0.6) is 0 Å². The minimum Gasteiger partial charge on any atom is -0.517 e. The molecule has 0 spiro atoms. The third kappa shape index (κ3) is 7.61. The molecule has 0 amide bonds. The van der Waals surface area contributed by atoms with Crippen LogP contribution in [-0.2, 0) is 43.2 Å². The van der Waals surface area contributed by atoms with E-state index in [4.69, 9.17) is 4.42 Å². The molecular weight excluding hydrogens is 641 g/mol. The van der Waals surface area contributed by atoms with Gasteiger partial charge in [0.05, 0.1) is 11.3 Å². The quantitative estimate of drug-likeness (QED) is 0.169. The Morgan fingerprint density at radius 2 is 1.62 bits per heavy atom. The van der Waals surface area contributed by atoms with Crippen molar-refractivity contribution in [3.05, 3.63) is 59.3 Å². The minimum absolute atomic E-state index is 0. The fraction of sp³-hybridized carbons (Fsp3) is 0.516. The molecule has 0 fully saturated rings. The summed E-state index contributed by atoms with van der Waals surface area (Å²) in [4.78, 5) is 20.7. The van der Waals surface area contributed by atoms with E-state index in [2.05, 4.69) is 48.9 Å². The number of aliphatic hydroxyl groups excluding tert-OH is 1. The number of rotatable bonds is 2. The summed E-state index contributed by atoms with van der Waals surface area (Å²) in [6.07, 6.45) is 9.54. The van der Waals surface area contributed by atoms with Gasteiger partial charge in [0.2, 0.25) is 0 Å². The molecule has 6 heteroatoms. The van der Waals surface area contributed by atoms with Gasteiger partial charge in [-0.15, -0.1) is 5.56 Å². The van der Waals surface area contributed by atoms with Crippen molar-refractivity contribution in [3.63, 3.8) is 0 Å². The SMILES string of the molecule is CC(C)(C)C(=O)/C=C(\O)C(C)(C)C.CC(C)(C)c1ccc(-c2[c-]cnc3c4c(oc23)CCCC4)nc1.[Ir]. The number of hydrogen-bond donors (Lipinski definition) is 1. The molecule has 4 rings (SSSR count). The zero-order valence-electron chi connectivity index (χ0n) is 23.7. The Kier molecular flexibility index (Phi) is 9.71. The van der Waals surface area contributed by atoms with E-state index in [9.17, 15) is 9.90 Å². The fourth-order valence-corrected chi connectivity index (χ4v) is 3.82. The molecule has 1 aliphatic carbocycles. The van der Waals surface area contributed by atoms with Crippen LogP contribution in [0.3, 0.4) is 0 Å². The van der Waals surface area contributed by atoms with Crippen molar-refractivity contribution >= 4 is 16.9 Å². The first kappa shape index (κ1) is 30.9. The van der Waals surface area contributed by atoms with Gasteiger partial charge in [-0.05, 0) is 42.1 Å². The number of carbonyl (C=O) groups is 1. The van der Waals surface area contributed by atoms with Gasteiger partial charge in [0.25, 0.3) is 0 Å². The molecule has 0 aliphatic heterocycles. The van der Waals surface area contributed by atoms with E-state index in [-0.39, 0.29) is 42.5 Å². The molecule has 5 nitrogen and oxygen atoms in total. The van der Waals surface area contributed by atoms with E-state index in [1.807, 2.05) is 47.7 Å². The van der Waals surface area contributed by atoms with Gasteiger partial charge in [-0.2, -0.15) is 6.07 Å². The smallest absolute Gasteiger partial charge is 0.164 e. The Labute approximate surface area is 235 Å². The Hall–Kier alpha value is -2.30. The molecule has 0 unspecified atom stereocenters. The van der Waals surface area contributed by atoms with Gasteiger partial charge in [-0.1, -0.05) is 74.4 Å². The van der Waals surface area contributed by atoms with Gasteiger partial charge in [0.1, 0.15) is 5.76 Å². The number of aromatic nitrogens is 2. The van der Waals surface area contributed by atoms with E-state index in [0.29, 0.717) is 0 Å². The van der Waals surface area contributed by atoms with Crippen LogP contribution in [0, 0.1) is 16.9 Å². The first-order valence-electron chi connectivity index (χ1n) is 12.8. The van der Waals surface area contributed by atoms with E-state index in [0.717, 1.165) is 41.0 Å². The van der Waals surface area contributed by atoms with Crippen LogP contribution < -0.4 is 0 Å². The predicted molar refractivity (Wildman–Crippen MR) is 146 cm³/mol. The summed E-state index contributed by atoms with van der Waals surface area (Å²) in [7, 11) is 0. The molecule has 37 heavy (non-hydrogen) atoms. The number of aliphatic hydroxyl groups is 1. The molecular formula is C31H41IrN2O3-. The minimum atomic E-state index is -0.417. The van der Waals surface area contributed by atoms with Gasteiger partial charge in [-0.3, -0.25) is 9.78 Å².